The molecule has 0 aromatic rings. The van der Waals surface area contributed by atoms with Gasteiger partial charge in [0.2, 0.25) is 0 Å². The van der Waals surface area contributed by atoms with Gasteiger partial charge in [-0.15, -0.1) is 0 Å². The van der Waals surface area contributed by atoms with E-state index in [1.165, 1.54) is 32.1 Å². The minimum Gasteiger partial charge on any atom is -0.0776 e. The van der Waals surface area contributed by atoms with Crippen LogP contribution in [0.5, 0.6) is 0 Å². The molecule has 1 aliphatic rings. The molecule has 0 radical (unpaired) electrons. The molecule has 13 heavy (non-hydrogen) atoms. The number of unbranched alkanes of at least 4 members (excludes halogenated alkanes) is 3. The first-order valence-electron chi connectivity index (χ1n) is 5.45. The van der Waals surface area contributed by atoms with Crippen molar-refractivity contribution in [2.75, 3.05) is 0 Å². The van der Waals surface area contributed by atoms with E-state index in [9.17, 15) is 0 Å². The van der Waals surface area contributed by atoms with Crippen LogP contribution in [0.1, 0.15) is 39.0 Å². The van der Waals surface area contributed by atoms with E-state index in [4.69, 9.17) is 0 Å². The van der Waals surface area contributed by atoms with Crippen molar-refractivity contribution in [1.82, 2.24) is 0 Å². The van der Waals surface area contributed by atoms with Crippen molar-refractivity contribution in [2.45, 2.75) is 39.0 Å². The zero-order valence-corrected chi connectivity index (χ0v) is 8.58. The van der Waals surface area contributed by atoms with Crippen molar-refractivity contribution in [1.29, 1.82) is 0 Å². The Labute approximate surface area is 82.0 Å². The largest absolute Gasteiger partial charge is 0.0776 e. The Kier molecular flexibility index (Phi) is 5.31. The number of hydrogen-bond acceptors (Lipinski definition) is 0. The average molecular weight is 176 g/mol. The summed E-state index contributed by atoms with van der Waals surface area (Å²) in [5, 5.41) is 0. The highest BCUT2D eigenvalue weighted by molar-refractivity contribution is 5.19. The van der Waals surface area contributed by atoms with Crippen molar-refractivity contribution in [3.8, 4) is 0 Å². The average Bonchev–Trinajstić information content (AvgIpc) is 2.41. The number of hydrogen-bond donors (Lipinski definition) is 0. The van der Waals surface area contributed by atoms with E-state index in [1.807, 2.05) is 0 Å². The molecule has 0 saturated carbocycles. The minimum absolute atomic E-state index is 0.673. The summed E-state index contributed by atoms with van der Waals surface area (Å²) in [5.41, 5.74) is 0. The zero-order chi connectivity index (χ0) is 9.36. The fourth-order valence-corrected chi connectivity index (χ4v) is 1.61. The standard InChI is InChI=1S/C13H20/c1-2-3-4-7-10-13-11-8-5-6-9-12-13/h5-6,8-9,11-13H,2-4,7,10H2,1H3. The van der Waals surface area contributed by atoms with E-state index < -0.39 is 0 Å². The van der Waals surface area contributed by atoms with Crippen molar-refractivity contribution in [3.63, 3.8) is 0 Å². The third-order valence-corrected chi connectivity index (χ3v) is 2.44. The van der Waals surface area contributed by atoms with Gasteiger partial charge in [0.05, 0.1) is 0 Å². The van der Waals surface area contributed by atoms with Crippen molar-refractivity contribution >= 4 is 0 Å². The first-order chi connectivity index (χ1) is 6.43. The Morgan fingerprint density at radius 3 is 2.15 bits per heavy atom. The number of rotatable bonds is 5. The molecule has 0 heteroatoms. The van der Waals surface area contributed by atoms with Crippen LogP contribution in [0, 0.1) is 5.92 Å². The summed E-state index contributed by atoms with van der Waals surface area (Å²) in [7, 11) is 0. The van der Waals surface area contributed by atoms with E-state index in [2.05, 4.69) is 43.4 Å². The lowest BCUT2D eigenvalue weighted by molar-refractivity contribution is 0.590. The fourth-order valence-electron chi connectivity index (χ4n) is 1.61. The molecule has 0 aromatic heterocycles. The van der Waals surface area contributed by atoms with Gasteiger partial charge < -0.3 is 0 Å². The third-order valence-electron chi connectivity index (χ3n) is 2.44. The van der Waals surface area contributed by atoms with E-state index in [0.29, 0.717) is 5.92 Å². The van der Waals surface area contributed by atoms with Crippen LogP contribution >= 0.6 is 0 Å². The first kappa shape index (κ1) is 10.3. The summed E-state index contributed by atoms with van der Waals surface area (Å²) in [6.45, 7) is 2.26. The Morgan fingerprint density at radius 1 is 0.846 bits per heavy atom. The van der Waals surface area contributed by atoms with Gasteiger partial charge in [-0.25, -0.2) is 0 Å². The molecule has 0 aliphatic heterocycles. The predicted molar refractivity (Wildman–Crippen MR) is 59.7 cm³/mol. The second-order valence-corrected chi connectivity index (χ2v) is 3.67. The second-order valence-electron chi connectivity index (χ2n) is 3.67. The lowest BCUT2D eigenvalue weighted by Gasteiger charge is -2.05. The van der Waals surface area contributed by atoms with Gasteiger partial charge in [0.25, 0.3) is 0 Å². The van der Waals surface area contributed by atoms with Gasteiger partial charge in [-0.3, -0.25) is 0 Å². The van der Waals surface area contributed by atoms with Gasteiger partial charge in [-0.2, -0.15) is 0 Å². The molecule has 0 aromatic carbocycles. The van der Waals surface area contributed by atoms with Crippen LogP contribution < -0.4 is 0 Å². The lowest BCUT2D eigenvalue weighted by atomic mass is 10.0. The summed E-state index contributed by atoms with van der Waals surface area (Å²) in [6, 6.07) is 0. The maximum Gasteiger partial charge on any atom is -0.00473 e. The Bertz CT molecular complexity index is 180. The van der Waals surface area contributed by atoms with Crippen molar-refractivity contribution in [3.05, 3.63) is 36.5 Å². The number of allylic oxidation sites excluding steroid dienone is 6. The van der Waals surface area contributed by atoms with Crippen molar-refractivity contribution in [2.24, 2.45) is 5.92 Å². The zero-order valence-electron chi connectivity index (χ0n) is 8.58. The molecule has 0 saturated heterocycles. The second kappa shape index (κ2) is 6.71. The summed E-state index contributed by atoms with van der Waals surface area (Å²) in [5.74, 6) is 0.673. The quantitative estimate of drug-likeness (QED) is 0.549. The van der Waals surface area contributed by atoms with Crippen LogP contribution in [0.3, 0.4) is 0 Å². The Balaban J connectivity index is 2.14. The monoisotopic (exact) mass is 176 g/mol. The third kappa shape index (κ3) is 4.72. The SMILES string of the molecule is CCCCCCC1C=CC=CC=C1. The van der Waals surface area contributed by atoms with Crippen LogP contribution in [0.2, 0.25) is 0 Å². The van der Waals surface area contributed by atoms with E-state index >= 15 is 0 Å². The van der Waals surface area contributed by atoms with Gasteiger partial charge in [-0.05, 0) is 12.3 Å². The summed E-state index contributed by atoms with van der Waals surface area (Å²) < 4.78 is 0. The molecule has 0 N–H and O–H groups in total. The highest BCUT2D eigenvalue weighted by atomic mass is 14.0. The molecule has 0 unspecified atom stereocenters. The molecule has 1 aliphatic carbocycles. The summed E-state index contributed by atoms with van der Waals surface area (Å²) in [6.07, 6.45) is 19.9. The predicted octanol–water partition coefficient (Wildman–Crippen LogP) is 4.26. The van der Waals surface area contributed by atoms with Gasteiger partial charge in [0.15, 0.2) is 0 Å². The van der Waals surface area contributed by atoms with Crippen LogP contribution in [0.4, 0.5) is 0 Å². The fraction of sp³-hybridized carbons (Fsp3) is 0.538. The van der Waals surface area contributed by atoms with E-state index in [0.717, 1.165) is 0 Å². The van der Waals surface area contributed by atoms with E-state index in [1.54, 1.807) is 0 Å². The molecular formula is C13H20. The molecule has 0 amide bonds. The topological polar surface area (TPSA) is 0 Å². The van der Waals surface area contributed by atoms with Gasteiger partial charge in [0.1, 0.15) is 0 Å². The Hall–Kier alpha value is -0.780. The molecule has 0 spiro atoms. The van der Waals surface area contributed by atoms with Crippen molar-refractivity contribution < 1.29 is 0 Å². The maximum absolute atomic E-state index is 2.30. The van der Waals surface area contributed by atoms with Crippen LogP contribution in [0.25, 0.3) is 0 Å². The lowest BCUT2D eigenvalue weighted by Crippen LogP contribution is -1.91. The summed E-state index contributed by atoms with van der Waals surface area (Å²) in [4.78, 5) is 0. The molecule has 0 heterocycles. The Morgan fingerprint density at radius 2 is 1.54 bits per heavy atom. The molecule has 0 nitrogen and oxygen atoms in total. The van der Waals surface area contributed by atoms with Gasteiger partial charge in [-0.1, -0.05) is 69.1 Å². The maximum atomic E-state index is 2.30. The normalized spacial score (nSPS) is 16.4. The van der Waals surface area contributed by atoms with Crippen LogP contribution in [0.15, 0.2) is 36.5 Å². The minimum atomic E-state index is 0.673. The first-order valence-corrected chi connectivity index (χ1v) is 5.45. The summed E-state index contributed by atoms with van der Waals surface area (Å²) >= 11 is 0. The van der Waals surface area contributed by atoms with Crippen LogP contribution in [-0.2, 0) is 0 Å². The highest BCUT2D eigenvalue weighted by Crippen LogP contribution is 2.15. The molecule has 1 rings (SSSR count). The highest BCUT2D eigenvalue weighted by Gasteiger charge is 1.99. The van der Waals surface area contributed by atoms with E-state index in [-0.39, 0.29) is 0 Å². The molecule has 72 valence electrons. The molecular weight excluding hydrogens is 156 g/mol. The molecule has 0 fully saturated rings. The van der Waals surface area contributed by atoms with Crippen LogP contribution in [-0.4, -0.2) is 0 Å². The smallest absolute Gasteiger partial charge is 0.00473 e. The van der Waals surface area contributed by atoms with Gasteiger partial charge >= 0.3 is 0 Å². The van der Waals surface area contributed by atoms with Gasteiger partial charge in [0, 0.05) is 0 Å². The molecule has 0 atom stereocenters. The molecule has 0 bridgehead atoms.